The quantitative estimate of drug-likeness (QED) is 0.334. The Labute approximate surface area is 181 Å². The van der Waals surface area contributed by atoms with Gasteiger partial charge in [-0.1, -0.05) is 72.8 Å². The van der Waals surface area contributed by atoms with Gasteiger partial charge in [-0.2, -0.15) is 0 Å². The van der Waals surface area contributed by atoms with Gasteiger partial charge in [0.15, 0.2) is 0 Å². The number of fused-ring (bicyclic) bond motifs is 3. The van der Waals surface area contributed by atoms with E-state index in [0.29, 0.717) is 6.54 Å². The normalized spacial score (nSPS) is 11.2. The second kappa shape index (κ2) is 7.77. The van der Waals surface area contributed by atoms with Gasteiger partial charge in [0.25, 0.3) is 5.56 Å². The van der Waals surface area contributed by atoms with Crippen LogP contribution in [0.25, 0.3) is 32.8 Å². The van der Waals surface area contributed by atoms with Crippen LogP contribution in [0.15, 0.2) is 95.8 Å². The molecule has 0 saturated carbocycles. The minimum absolute atomic E-state index is 0.0214. The Balaban J connectivity index is 1.91. The molecule has 1 heterocycles. The summed E-state index contributed by atoms with van der Waals surface area (Å²) in [6.45, 7) is 2.59. The third kappa shape index (κ3) is 3.28. The molecule has 0 bridgehead atoms. The van der Waals surface area contributed by atoms with Crippen molar-refractivity contribution in [2.75, 3.05) is 7.11 Å². The van der Waals surface area contributed by atoms with Crippen molar-refractivity contribution in [1.29, 1.82) is 0 Å². The molecule has 0 saturated heterocycles. The maximum atomic E-state index is 13.4. The van der Waals surface area contributed by atoms with Crippen LogP contribution in [0.4, 0.5) is 0 Å². The summed E-state index contributed by atoms with van der Waals surface area (Å²) in [6.07, 6.45) is 0. The number of benzene rings is 4. The lowest BCUT2D eigenvalue weighted by Gasteiger charge is -2.18. The fourth-order valence-corrected chi connectivity index (χ4v) is 4.44. The van der Waals surface area contributed by atoms with Crippen LogP contribution in [-0.2, 0) is 6.54 Å². The van der Waals surface area contributed by atoms with Gasteiger partial charge in [-0.25, -0.2) is 0 Å². The molecule has 0 amide bonds. The van der Waals surface area contributed by atoms with Crippen LogP contribution in [0, 0.1) is 6.92 Å². The molecule has 4 aromatic carbocycles. The molecule has 5 rings (SSSR count). The molecule has 0 aliphatic rings. The van der Waals surface area contributed by atoms with Crippen molar-refractivity contribution in [2.45, 2.75) is 13.5 Å². The maximum absolute atomic E-state index is 13.4. The summed E-state index contributed by atoms with van der Waals surface area (Å²) in [5.41, 5.74) is 4.96. The van der Waals surface area contributed by atoms with Gasteiger partial charge < -0.3 is 9.30 Å². The summed E-state index contributed by atoms with van der Waals surface area (Å²) in [4.78, 5) is 13.4. The van der Waals surface area contributed by atoms with Crippen LogP contribution in [0.3, 0.4) is 0 Å². The van der Waals surface area contributed by atoms with Crippen molar-refractivity contribution >= 4 is 21.7 Å². The zero-order valence-corrected chi connectivity index (χ0v) is 17.6. The first-order valence-electron chi connectivity index (χ1n) is 10.4. The molecule has 0 aliphatic heterocycles. The van der Waals surface area contributed by atoms with Crippen molar-refractivity contribution in [2.24, 2.45) is 0 Å². The van der Waals surface area contributed by atoms with E-state index in [-0.39, 0.29) is 5.56 Å². The fourth-order valence-electron chi connectivity index (χ4n) is 4.44. The number of aryl methyl sites for hydroxylation is 1. The molecule has 0 N–H and O–H groups in total. The third-order valence-electron chi connectivity index (χ3n) is 5.91. The number of methoxy groups -OCH3 is 1. The van der Waals surface area contributed by atoms with Crippen molar-refractivity contribution < 1.29 is 4.74 Å². The molecule has 0 spiro atoms. The van der Waals surface area contributed by atoms with E-state index in [2.05, 4.69) is 49.4 Å². The monoisotopic (exact) mass is 405 g/mol. The van der Waals surface area contributed by atoms with E-state index >= 15 is 0 Å². The van der Waals surface area contributed by atoms with Crippen LogP contribution in [0.5, 0.6) is 5.75 Å². The van der Waals surface area contributed by atoms with E-state index in [0.717, 1.165) is 49.7 Å². The molecular formula is C28H23NO2. The topological polar surface area (TPSA) is 31.2 Å². The highest BCUT2D eigenvalue weighted by molar-refractivity contribution is 6.13. The summed E-state index contributed by atoms with van der Waals surface area (Å²) in [5.74, 6) is 0.773. The van der Waals surface area contributed by atoms with Crippen LogP contribution in [0.2, 0.25) is 0 Å². The Morgan fingerprint density at radius 1 is 0.839 bits per heavy atom. The Kier molecular flexibility index (Phi) is 4.79. The van der Waals surface area contributed by atoms with Crippen molar-refractivity contribution in [3.05, 3.63) is 112 Å². The fraction of sp³-hybridized carbons (Fsp3) is 0.107. The lowest BCUT2D eigenvalue weighted by Crippen LogP contribution is -2.21. The smallest absolute Gasteiger partial charge is 0.251 e. The number of rotatable bonds is 4. The molecule has 0 radical (unpaired) electrons. The second-order valence-corrected chi connectivity index (χ2v) is 7.80. The van der Waals surface area contributed by atoms with Gasteiger partial charge in [0.1, 0.15) is 5.75 Å². The molecule has 31 heavy (non-hydrogen) atoms. The number of hydrogen-bond acceptors (Lipinski definition) is 2. The molecule has 0 unspecified atom stereocenters. The minimum atomic E-state index is -0.0214. The van der Waals surface area contributed by atoms with Crippen LogP contribution in [-0.4, -0.2) is 11.7 Å². The molecule has 0 atom stereocenters. The Morgan fingerprint density at radius 3 is 2.42 bits per heavy atom. The molecule has 5 aromatic rings. The van der Waals surface area contributed by atoms with Crippen molar-refractivity contribution in [3.63, 3.8) is 0 Å². The zero-order chi connectivity index (χ0) is 21.4. The third-order valence-corrected chi connectivity index (χ3v) is 5.91. The van der Waals surface area contributed by atoms with E-state index in [1.54, 1.807) is 13.2 Å². The van der Waals surface area contributed by atoms with Gasteiger partial charge in [-0.05, 0) is 41.0 Å². The summed E-state index contributed by atoms with van der Waals surface area (Å²) >= 11 is 0. The van der Waals surface area contributed by atoms with Crippen LogP contribution >= 0.6 is 0 Å². The van der Waals surface area contributed by atoms with Gasteiger partial charge in [0, 0.05) is 22.6 Å². The predicted octanol–water partition coefficient (Wildman–Crippen LogP) is 6.19. The summed E-state index contributed by atoms with van der Waals surface area (Å²) < 4.78 is 7.56. The highest BCUT2D eigenvalue weighted by Gasteiger charge is 2.18. The first-order valence-corrected chi connectivity index (χ1v) is 10.4. The van der Waals surface area contributed by atoms with Crippen LogP contribution in [0.1, 0.15) is 11.1 Å². The van der Waals surface area contributed by atoms with Gasteiger partial charge in [-0.3, -0.25) is 4.79 Å². The highest BCUT2D eigenvalue weighted by atomic mass is 16.5. The molecule has 1 aromatic heterocycles. The number of ether oxygens (including phenoxy) is 1. The van der Waals surface area contributed by atoms with E-state index in [1.807, 2.05) is 47.0 Å². The van der Waals surface area contributed by atoms with Crippen molar-refractivity contribution in [1.82, 2.24) is 4.57 Å². The van der Waals surface area contributed by atoms with Crippen molar-refractivity contribution in [3.8, 4) is 16.9 Å². The molecule has 152 valence electrons. The summed E-state index contributed by atoms with van der Waals surface area (Å²) in [6, 6.07) is 30.4. The Hall–Kier alpha value is -3.85. The number of aromatic nitrogens is 1. The first kappa shape index (κ1) is 19.1. The zero-order valence-electron chi connectivity index (χ0n) is 17.6. The molecular weight excluding hydrogens is 382 g/mol. The van der Waals surface area contributed by atoms with E-state index in [1.165, 1.54) is 0 Å². The average Bonchev–Trinajstić information content (AvgIpc) is 2.81. The van der Waals surface area contributed by atoms with Crippen LogP contribution < -0.4 is 10.3 Å². The number of pyridine rings is 1. The largest absolute Gasteiger partial charge is 0.496 e. The van der Waals surface area contributed by atoms with Gasteiger partial charge >= 0.3 is 0 Å². The maximum Gasteiger partial charge on any atom is 0.251 e. The van der Waals surface area contributed by atoms with E-state index < -0.39 is 0 Å². The van der Waals surface area contributed by atoms with E-state index in [4.69, 9.17) is 4.74 Å². The lowest BCUT2D eigenvalue weighted by molar-refractivity contribution is 0.416. The van der Waals surface area contributed by atoms with E-state index in [9.17, 15) is 4.79 Å². The number of hydrogen-bond donors (Lipinski definition) is 0. The standard InChI is InChI=1S/C28H23NO2/c1-19-9-8-14-25(31-2)27(19)23-17-26(30)29(18-20-10-4-3-5-11-20)24-16-15-21-12-6-7-13-22(21)28(23)24/h3-17H,18H2,1-2H3. The summed E-state index contributed by atoms with van der Waals surface area (Å²) in [7, 11) is 1.68. The van der Waals surface area contributed by atoms with Gasteiger partial charge in [-0.15, -0.1) is 0 Å². The first-order chi connectivity index (χ1) is 15.2. The predicted molar refractivity (Wildman–Crippen MR) is 128 cm³/mol. The average molecular weight is 405 g/mol. The minimum Gasteiger partial charge on any atom is -0.496 e. The van der Waals surface area contributed by atoms with Gasteiger partial charge in [0.2, 0.25) is 0 Å². The highest BCUT2D eigenvalue weighted by Crippen LogP contribution is 2.39. The van der Waals surface area contributed by atoms with Gasteiger partial charge in [0.05, 0.1) is 19.2 Å². The Bertz CT molecular complexity index is 1470. The second-order valence-electron chi connectivity index (χ2n) is 7.80. The molecule has 0 fully saturated rings. The molecule has 0 aliphatic carbocycles. The molecule has 3 heteroatoms. The summed E-state index contributed by atoms with van der Waals surface area (Å²) in [5, 5.41) is 3.34. The Morgan fingerprint density at radius 2 is 1.61 bits per heavy atom. The SMILES string of the molecule is COc1cccc(C)c1-c1cc(=O)n(Cc2ccccc2)c2ccc3ccccc3c12. The lowest BCUT2D eigenvalue weighted by atomic mass is 9.93. The molecule has 3 nitrogen and oxygen atoms in total. The number of nitrogens with zero attached hydrogens (tertiary/aromatic N) is 1.